The summed E-state index contributed by atoms with van der Waals surface area (Å²) in [6.45, 7) is 1.50. The summed E-state index contributed by atoms with van der Waals surface area (Å²) in [4.78, 5) is 0. The van der Waals surface area contributed by atoms with Crippen LogP contribution in [0.3, 0.4) is 0 Å². The lowest BCUT2D eigenvalue weighted by molar-refractivity contribution is 0.187. The second kappa shape index (κ2) is 5.20. The fraction of sp³-hybridized carbons (Fsp3) is 0.400. The first kappa shape index (κ1) is 14.2. The molecule has 2 atom stereocenters. The van der Waals surface area contributed by atoms with Crippen molar-refractivity contribution in [2.24, 2.45) is 0 Å². The van der Waals surface area contributed by atoms with E-state index in [0.717, 1.165) is 0 Å². The third kappa shape index (κ3) is 2.69. The topological polar surface area (TPSA) is 54.4 Å². The molecule has 1 rings (SSSR count). The lowest BCUT2D eigenvalue weighted by Gasteiger charge is -2.25. The minimum atomic E-state index is -3.54. The number of halogens is 2. The van der Waals surface area contributed by atoms with E-state index in [1.165, 1.54) is 6.92 Å². The van der Waals surface area contributed by atoms with E-state index in [2.05, 4.69) is 0 Å². The van der Waals surface area contributed by atoms with E-state index in [0.29, 0.717) is 5.56 Å². The second-order valence-electron chi connectivity index (χ2n) is 3.28. The molecule has 90 valence electrons. The fourth-order valence-corrected chi connectivity index (χ4v) is 3.80. The summed E-state index contributed by atoms with van der Waals surface area (Å²) in [6.07, 6.45) is -1.25. The van der Waals surface area contributed by atoms with Gasteiger partial charge in [0.1, 0.15) is 6.10 Å². The Morgan fingerprint density at radius 2 is 1.94 bits per heavy atom. The number of rotatable bonds is 4. The molecule has 0 unspecified atom stereocenters. The molecular weight excluding hydrogens is 363 g/mol. The van der Waals surface area contributed by atoms with Gasteiger partial charge in [0.05, 0.1) is 5.75 Å². The highest BCUT2D eigenvalue weighted by Gasteiger charge is 2.45. The van der Waals surface area contributed by atoms with E-state index in [4.69, 9.17) is 11.6 Å². The van der Waals surface area contributed by atoms with E-state index in [9.17, 15) is 13.5 Å². The van der Waals surface area contributed by atoms with Gasteiger partial charge in [0.2, 0.25) is 2.21 Å². The van der Waals surface area contributed by atoms with Gasteiger partial charge in [0, 0.05) is 0 Å². The molecule has 0 aliphatic rings. The van der Waals surface area contributed by atoms with Gasteiger partial charge in [-0.05, 0) is 28.2 Å². The quantitative estimate of drug-likeness (QED) is 0.651. The molecule has 3 nitrogen and oxygen atoms in total. The lowest BCUT2D eigenvalue weighted by Crippen LogP contribution is -2.34. The number of hydrogen-bond donors (Lipinski definition) is 1. The van der Waals surface area contributed by atoms with Gasteiger partial charge in [-0.25, -0.2) is 8.42 Å². The molecule has 1 aromatic rings. The highest BCUT2D eigenvalue weighted by Crippen LogP contribution is 2.43. The van der Waals surface area contributed by atoms with E-state index in [1.54, 1.807) is 52.9 Å². The van der Waals surface area contributed by atoms with Crippen molar-refractivity contribution in [1.82, 2.24) is 0 Å². The molecule has 0 fully saturated rings. The van der Waals surface area contributed by atoms with Gasteiger partial charge in [-0.15, -0.1) is 0 Å². The van der Waals surface area contributed by atoms with Crippen molar-refractivity contribution in [2.75, 3.05) is 5.75 Å². The van der Waals surface area contributed by atoms with E-state index in [1.807, 2.05) is 0 Å². The lowest BCUT2D eigenvalue weighted by atomic mass is 10.1. The average Bonchev–Trinajstić information content (AvgIpc) is 2.29. The predicted octanol–water partition coefficient (Wildman–Crippen LogP) is 2.48. The number of sulfone groups is 1. The normalized spacial score (nSPS) is 17.8. The van der Waals surface area contributed by atoms with Crippen LogP contribution in [0.25, 0.3) is 0 Å². The molecule has 0 saturated heterocycles. The molecule has 16 heavy (non-hydrogen) atoms. The van der Waals surface area contributed by atoms with Gasteiger partial charge in [-0.3, -0.25) is 0 Å². The molecule has 0 heterocycles. The fourth-order valence-electron chi connectivity index (χ4n) is 1.19. The van der Waals surface area contributed by atoms with Gasteiger partial charge >= 0.3 is 0 Å². The molecule has 0 radical (unpaired) electrons. The van der Waals surface area contributed by atoms with Gasteiger partial charge in [0.25, 0.3) is 0 Å². The molecule has 6 heteroatoms. The van der Waals surface area contributed by atoms with E-state index >= 15 is 0 Å². The maximum Gasteiger partial charge on any atom is 0.225 e. The standard InChI is InChI=1S/C10H12ClIO3S/c1-2-16(14,15)10(11,12)9(13)8-6-4-3-5-7-8/h3-7,9,13H,2H2,1H3/t9-,10+/m1/s1. The van der Waals surface area contributed by atoms with Crippen molar-refractivity contribution >= 4 is 44.0 Å². The van der Waals surface area contributed by atoms with Crippen molar-refractivity contribution in [2.45, 2.75) is 15.2 Å². The van der Waals surface area contributed by atoms with Crippen LogP contribution >= 0.6 is 34.2 Å². The van der Waals surface area contributed by atoms with Crippen molar-refractivity contribution in [3.8, 4) is 0 Å². The molecule has 0 saturated carbocycles. The number of hydrogen-bond acceptors (Lipinski definition) is 3. The molecule has 0 aliphatic carbocycles. The number of aliphatic hydroxyl groups is 1. The molecule has 0 amide bonds. The number of alkyl halides is 2. The van der Waals surface area contributed by atoms with Crippen LogP contribution in [-0.4, -0.2) is 21.5 Å². The summed E-state index contributed by atoms with van der Waals surface area (Å²) < 4.78 is 21.8. The Morgan fingerprint density at radius 3 is 2.38 bits per heavy atom. The van der Waals surface area contributed by atoms with E-state index < -0.39 is 18.2 Å². The summed E-state index contributed by atoms with van der Waals surface area (Å²) in [5.74, 6) is -0.108. The average molecular weight is 375 g/mol. The minimum absolute atomic E-state index is 0.108. The zero-order valence-corrected chi connectivity index (χ0v) is 12.3. The molecule has 1 aromatic carbocycles. The summed E-state index contributed by atoms with van der Waals surface area (Å²) in [6, 6.07) is 8.52. The summed E-state index contributed by atoms with van der Waals surface area (Å²) in [7, 11) is -3.54. The Labute approximate surface area is 114 Å². The van der Waals surface area contributed by atoms with Crippen LogP contribution in [0.4, 0.5) is 0 Å². The summed E-state index contributed by atoms with van der Waals surface area (Å²) in [5.41, 5.74) is 0.490. The largest absolute Gasteiger partial charge is 0.385 e. The Morgan fingerprint density at radius 1 is 1.44 bits per heavy atom. The van der Waals surface area contributed by atoms with Crippen LogP contribution in [0.1, 0.15) is 18.6 Å². The SMILES string of the molecule is CCS(=O)(=O)[C@@](Cl)(I)[C@H](O)c1ccccc1. The highest BCUT2D eigenvalue weighted by atomic mass is 127. The minimum Gasteiger partial charge on any atom is -0.385 e. The molecule has 1 N–H and O–H groups in total. The van der Waals surface area contributed by atoms with Crippen LogP contribution in [0.15, 0.2) is 30.3 Å². The summed E-state index contributed by atoms with van der Waals surface area (Å²) >= 11 is 7.54. The molecule has 0 spiro atoms. The van der Waals surface area contributed by atoms with Crippen molar-refractivity contribution < 1.29 is 13.5 Å². The van der Waals surface area contributed by atoms with Crippen LogP contribution in [0.2, 0.25) is 0 Å². The van der Waals surface area contributed by atoms with Crippen LogP contribution < -0.4 is 0 Å². The van der Waals surface area contributed by atoms with E-state index in [-0.39, 0.29) is 5.75 Å². The van der Waals surface area contributed by atoms with Crippen LogP contribution in [0.5, 0.6) is 0 Å². The van der Waals surface area contributed by atoms with Crippen LogP contribution in [0, 0.1) is 0 Å². The summed E-state index contributed by atoms with van der Waals surface area (Å²) in [5, 5.41) is 10.00. The number of benzene rings is 1. The Balaban J connectivity index is 3.11. The van der Waals surface area contributed by atoms with Gasteiger partial charge in [0.15, 0.2) is 9.84 Å². The first-order valence-corrected chi connectivity index (χ1v) is 7.77. The second-order valence-corrected chi connectivity index (χ2v) is 9.62. The monoisotopic (exact) mass is 374 g/mol. The first-order valence-electron chi connectivity index (χ1n) is 4.66. The third-order valence-corrected chi connectivity index (χ3v) is 7.56. The molecule has 0 aliphatic heterocycles. The maximum atomic E-state index is 11.7. The zero-order chi connectivity index (χ0) is 12.4. The Hall–Kier alpha value is 0.150. The van der Waals surface area contributed by atoms with Crippen molar-refractivity contribution in [3.05, 3.63) is 35.9 Å². The van der Waals surface area contributed by atoms with Crippen molar-refractivity contribution in [3.63, 3.8) is 0 Å². The molecular formula is C10H12ClIO3S. The third-order valence-electron chi connectivity index (χ3n) is 2.23. The zero-order valence-electron chi connectivity index (χ0n) is 8.60. The molecule has 0 aromatic heterocycles. The Kier molecular flexibility index (Phi) is 4.62. The van der Waals surface area contributed by atoms with Gasteiger partial charge < -0.3 is 5.11 Å². The Bertz CT molecular complexity index is 444. The van der Waals surface area contributed by atoms with Crippen molar-refractivity contribution in [1.29, 1.82) is 0 Å². The highest BCUT2D eigenvalue weighted by molar-refractivity contribution is 14.1. The van der Waals surface area contributed by atoms with Crippen LogP contribution in [-0.2, 0) is 9.84 Å². The first-order chi connectivity index (χ1) is 7.33. The maximum absolute atomic E-state index is 11.7. The predicted molar refractivity (Wildman–Crippen MR) is 73.5 cm³/mol. The van der Waals surface area contributed by atoms with Gasteiger partial charge in [-0.1, -0.05) is 48.9 Å². The number of aliphatic hydroxyl groups excluding tert-OH is 1. The van der Waals surface area contributed by atoms with Gasteiger partial charge in [-0.2, -0.15) is 0 Å². The smallest absolute Gasteiger partial charge is 0.225 e. The molecule has 0 bridgehead atoms.